The van der Waals surface area contributed by atoms with Crippen molar-refractivity contribution in [3.63, 3.8) is 0 Å². The van der Waals surface area contributed by atoms with Gasteiger partial charge in [-0.3, -0.25) is 4.79 Å². The predicted octanol–water partition coefficient (Wildman–Crippen LogP) is 6.51. The Kier molecular flexibility index (Phi) is 7.01. The molecule has 3 aliphatic heterocycles. The van der Waals surface area contributed by atoms with E-state index in [9.17, 15) is 10.1 Å². The summed E-state index contributed by atoms with van der Waals surface area (Å²) in [6.45, 7) is 3.36. The molecule has 3 aromatic heterocycles. The SMILES string of the molecule is Cc1nc2c(F)c(-c3cccc(Cl)c3Cl)c(CCC#N)cc2c2c1cc(C1CC(n3cnnn3)CN1C(=O)C1CC1)n2C1C2CNC1C2. The number of carbonyl (C=O) groups excluding carboxylic acids is 1. The second-order valence-corrected chi connectivity index (χ2v) is 14.5. The van der Waals surface area contributed by atoms with Crippen molar-refractivity contribution in [2.75, 3.05) is 13.1 Å². The summed E-state index contributed by atoms with van der Waals surface area (Å²) < 4.78 is 21.3. The highest BCUT2D eigenvalue weighted by Crippen LogP contribution is 2.52. The lowest BCUT2D eigenvalue weighted by atomic mass is 9.79. The first-order chi connectivity index (χ1) is 23.3. The molecule has 2 bridgehead atoms. The lowest BCUT2D eigenvalue weighted by Crippen LogP contribution is -2.41. The molecule has 13 heteroatoms. The number of likely N-dealkylation sites (tertiary alicyclic amines) is 1. The fourth-order valence-corrected chi connectivity index (χ4v) is 8.92. The largest absolute Gasteiger partial charge is 0.337 e. The van der Waals surface area contributed by atoms with Gasteiger partial charge in [0, 0.05) is 64.8 Å². The molecule has 10 nitrogen and oxygen atoms in total. The van der Waals surface area contributed by atoms with Gasteiger partial charge in [-0.1, -0.05) is 35.3 Å². The summed E-state index contributed by atoms with van der Waals surface area (Å²) in [5.41, 5.74) is 4.38. The van der Waals surface area contributed by atoms with Crippen LogP contribution in [-0.2, 0) is 11.2 Å². The van der Waals surface area contributed by atoms with E-state index in [1.54, 1.807) is 29.2 Å². The van der Waals surface area contributed by atoms with Crippen LogP contribution in [0.4, 0.5) is 4.39 Å². The molecule has 5 aromatic rings. The average Bonchev–Trinajstić information content (AvgIpc) is 3.61. The quantitative estimate of drug-likeness (QED) is 0.208. The Morgan fingerprint density at radius 3 is 2.75 bits per heavy atom. The molecule has 5 unspecified atom stereocenters. The summed E-state index contributed by atoms with van der Waals surface area (Å²) in [5, 5.41) is 27.4. The number of rotatable bonds is 7. The Balaban J connectivity index is 1.30. The maximum atomic E-state index is 17.1. The number of aromatic nitrogens is 6. The Hall–Kier alpha value is -4.11. The van der Waals surface area contributed by atoms with Crippen molar-refractivity contribution in [1.29, 1.82) is 5.26 Å². The summed E-state index contributed by atoms with van der Waals surface area (Å²) >= 11 is 13.1. The minimum Gasteiger partial charge on any atom is -0.337 e. The topological polar surface area (TPSA) is 118 Å². The molecule has 5 aliphatic rings. The van der Waals surface area contributed by atoms with E-state index >= 15 is 4.39 Å². The fraction of sp³-hybridized carbons (Fsp3) is 0.429. The number of nitrogens with one attached hydrogen (secondary N) is 1. The molecule has 0 radical (unpaired) electrons. The number of benzene rings is 2. The number of hydrogen-bond acceptors (Lipinski definition) is 7. The Morgan fingerprint density at radius 1 is 1.19 bits per heavy atom. The normalized spacial score (nSPS) is 24.8. The molecule has 48 heavy (non-hydrogen) atoms. The Bertz CT molecular complexity index is 2160. The van der Waals surface area contributed by atoms with E-state index in [2.05, 4.69) is 37.5 Å². The summed E-state index contributed by atoms with van der Waals surface area (Å²) in [5.74, 6) is 0.167. The van der Waals surface area contributed by atoms with Gasteiger partial charge in [0.2, 0.25) is 5.91 Å². The van der Waals surface area contributed by atoms with E-state index in [-0.39, 0.29) is 53.0 Å². The monoisotopic (exact) mass is 683 g/mol. The number of carbonyl (C=O) groups is 1. The fourth-order valence-electron chi connectivity index (χ4n) is 8.53. The van der Waals surface area contributed by atoms with E-state index < -0.39 is 5.82 Å². The van der Waals surface area contributed by atoms with Gasteiger partial charge in [0.05, 0.1) is 39.8 Å². The van der Waals surface area contributed by atoms with Crippen LogP contribution in [0.25, 0.3) is 32.9 Å². The molecule has 1 N–H and O–H groups in total. The van der Waals surface area contributed by atoms with Crippen LogP contribution in [-0.4, -0.2) is 59.7 Å². The van der Waals surface area contributed by atoms with E-state index in [1.807, 2.05) is 17.9 Å². The lowest BCUT2D eigenvalue weighted by Gasteiger charge is -2.39. The maximum absolute atomic E-state index is 17.1. The molecule has 5 fully saturated rings. The molecule has 0 spiro atoms. The van der Waals surface area contributed by atoms with E-state index in [1.165, 1.54) is 0 Å². The number of tetrazole rings is 1. The van der Waals surface area contributed by atoms with Crippen LogP contribution in [0.15, 0.2) is 36.7 Å². The third-order valence-corrected chi connectivity index (χ3v) is 11.8. The summed E-state index contributed by atoms with van der Waals surface area (Å²) in [6, 6.07) is 11.7. The van der Waals surface area contributed by atoms with Crippen LogP contribution < -0.4 is 5.32 Å². The second-order valence-electron chi connectivity index (χ2n) is 13.7. The molecule has 6 heterocycles. The Labute approximate surface area is 285 Å². The molecule has 5 atom stereocenters. The van der Waals surface area contributed by atoms with Gasteiger partial charge in [-0.05, 0) is 79.1 Å². The van der Waals surface area contributed by atoms with Gasteiger partial charge in [0.1, 0.15) is 11.8 Å². The highest BCUT2D eigenvalue weighted by molar-refractivity contribution is 6.43. The van der Waals surface area contributed by atoms with Crippen LogP contribution in [0.3, 0.4) is 0 Å². The van der Waals surface area contributed by atoms with E-state index in [4.69, 9.17) is 28.2 Å². The van der Waals surface area contributed by atoms with Crippen molar-refractivity contribution >= 4 is 50.9 Å². The van der Waals surface area contributed by atoms with Crippen molar-refractivity contribution in [3.05, 3.63) is 69.5 Å². The van der Waals surface area contributed by atoms with Crippen LogP contribution >= 0.6 is 23.2 Å². The third-order valence-electron chi connectivity index (χ3n) is 11.0. The second kappa shape index (κ2) is 11.2. The maximum Gasteiger partial charge on any atom is 0.226 e. The standard InChI is InChI=1S/C35H32Cl2FN9O/c1-17-23-13-28(27-12-21(46-16-41-43-44-46)15-45(27)35(48)18-7-8-18)47(33-20-11-26(33)40-14-20)34(23)24-10-19(4-3-9-39)29(31(38)32(24)42-17)22-5-2-6-25(36)30(22)37/h2,5-6,10,13,16,18,20-21,26-27,33,40H,3-4,7-8,11-12,14-15H2,1H3. The first kappa shape index (κ1) is 30.0. The lowest BCUT2D eigenvalue weighted by molar-refractivity contribution is -0.133. The van der Waals surface area contributed by atoms with Gasteiger partial charge in [-0.25, -0.2) is 14.1 Å². The van der Waals surface area contributed by atoms with Gasteiger partial charge in [0.15, 0.2) is 5.82 Å². The number of halogens is 3. The Morgan fingerprint density at radius 2 is 2.04 bits per heavy atom. The minimum absolute atomic E-state index is 0.0530. The molecule has 2 aliphatic carbocycles. The summed E-state index contributed by atoms with van der Waals surface area (Å²) in [4.78, 5) is 20.8. The van der Waals surface area contributed by atoms with Crippen LogP contribution in [0, 0.1) is 35.9 Å². The number of fused-ring (bicyclic) bond motifs is 4. The van der Waals surface area contributed by atoms with Crippen LogP contribution in [0.1, 0.15) is 67.2 Å². The van der Waals surface area contributed by atoms with Crippen molar-refractivity contribution in [2.24, 2.45) is 11.8 Å². The number of hydrogen-bond donors (Lipinski definition) is 1. The molecular formula is C35H32Cl2FN9O. The molecule has 2 saturated carbocycles. The molecular weight excluding hydrogens is 652 g/mol. The highest BCUT2D eigenvalue weighted by Gasteiger charge is 2.51. The van der Waals surface area contributed by atoms with Gasteiger partial charge in [0.25, 0.3) is 0 Å². The van der Waals surface area contributed by atoms with Gasteiger partial charge in [-0.2, -0.15) is 5.26 Å². The first-order valence-electron chi connectivity index (χ1n) is 16.6. The van der Waals surface area contributed by atoms with Gasteiger partial charge in [-0.15, -0.1) is 5.10 Å². The van der Waals surface area contributed by atoms with Crippen molar-refractivity contribution in [2.45, 2.75) is 69.6 Å². The predicted molar refractivity (Wildman–Crippen MR) is 179 cm³/mol. The molecule has 244 valence electrons. The summed E-state index contributed by atoms with van der Waals surface area (Å²) in [6.07, 6.45) is 5.73. The molecule has 1 amide bonds. The van der Waals surface area contributed by atoms with Crippen LogP contribution in [0.5, 0.6) is 0 Å². The van der Waals surface area contributed by atoms with Crippen molar-refractivity contribution in [3.8, 4) is 17.2 Å². The minimum atomic E-state index is -0.483. The molecule has 2 aromatic carbocycles. The van der Waals surface area contributed by atoms with E-state index in [0.717, 1.165) is 42.4 Å². The van der Waals surface area contributed by atoms with Gasteiger partial charge < -0.3 is 14.8 Å². The smallest absolute Gasteiger partial charge is 0.226 e. The van der Waals surface area contributed by atoms with Crippen molar-refractivity contribution in [1.82, 2.24) is 40.0 Å². The molecule has 10 rings (SSSR count). The zero-order valence-electron chi connectivity index (χ0n) is 26.2. The third kappa shape index (κ3) is 4.49. The zero-order valence-corrected chi connectivity index (χ0v) is 27.7. The molecule has 3 saturated heterocycles. The van der Waals surface area contributed by atoms with E-state index in [0.29, 0.717) is 58.1 Å². The first-order valence-corrected chi connectivity index (χ1v) is 17.3. The average molecular weight is 685 g/mol. The summed E-state index contributed by atoms with van der Waals surface area (Å²) in [7, 11) is 0. The van der Waals surface area contributed by atoms with Gasteiger partial charge >= 0.3 is 0 Å². The number of nitriles is 1. The highest BCUT2D eigenvalue weighted by atomic mass is 35.5. The van der Waals surface area contributed by atoms with Crippen molar-refractivity contribution < 1.29 is 9.18 Å². The number of pyridine rings is 1. The number of amides is 1. The van der Waals surface area contributed by atoms with Crippen LogP contribution in [0.2, 0.25) is 10.0 Å². The zero-order chi connectivity index (χ0) is 32.8. The number of nitrogens with zero attached hydrogens (tertiary/aromatic N) is 8. The number of aryl methyl sites for hydroxylation is 2.